The van der Waals surface area contributed by atoms with Crippen molar-refractivity contribution >= 4 is 22.5 Å². The summed E-state index contributed by atoms with van der Waals surface area (Å²) >= 11 is 0. The van der Waals surface area contributed by atoms with E-state index < -0.39 is 0 Å². The van der Waals surface area contributed by atoms with Gasteiger partial charge in [0.15, 0.2) is 0 Å². The highest BCUT2D eigenvalue weighted by atomic mass is 16.5. The second-order valence-electron chi connectivity index (χ2n) is 5.63. The number of aromatic nitrogens is 1. The lowest BCUT2D eigenvalue weighted by Crippen LogP contribution is -2.13. The van der Waals surface area contributed by atoms with Gasteiger partial charge in [-0.15, -0.1) is 0 Å². The van der Waals surface area contributed by atoms with Gasteiger partial charge in [0.25, 0.3) is 5.91 Å². The van der Waals surface area contributed by atoms with Gasteiger partial charge in [0, 0.05) is 17.1 Å². The smallest absolute Gasteiger partial charge is 0.255 e. The quantitative estimate of drug-likeness (QED) is 0.748. The van der Waals surface area contributed by atoms with Gasteiger partial charge in [-0.25, -0.2) is 0 Å². The molecule has 2 aromatic carbocycles. The third kappa shape index (κ3) is 3.23. The van der Waals surface area contributed by atoms with Crippen molar-refractivity contribution in [3.63, 3.8) is 0 Å². The monoisotopic (exact) mass is 320 g/mol. The number of rotatable bonds is 5. The molecule has 0 fully saturated rings. The first-order chi connectivity index (χ1) is 11.7. The molecule has 0 saturated heterocycles. The lowest BCUT2D eigenvalue weighted by atomic mass is 10.1. The first-order valence-electron chi connectivity index (χ1n) is 8.08. The lowest BCUT2D eigenvalue weighted by molar-refractivity contribution is 0.102. The van der Waals surface area contributed by atoms with Crippen LogP contribution in [0.15, 0.2) is 54.7 Å². The average molecular weight is 320 g/mol. The zero-order chi connectivity index (χ0) is 16.9. The van der Waals surface area contributed by atoms with Crippen LogP contribution in [0.5, 0.6) is 5.75 Å². The number of carbonyl (C=O) groups excluding carboxylic acids is 1. The number of ether oxygens (including phenoxy) is 1. The van der Waals surface area contributed by atoms with Gasteiger partial charge in [0.05, 0.1) is 12.3 Å². The average Bonchev–Trinajstić information content (AvgIpc) is 2.61. The fourth-order valence-electron chi connectivity index (χ4n) is 2.60. The molecule has 0 spiro atoms. The number of benzene rings is 2. The van der Waals surface area contributed by atoms with Crippen molar-refractivity contribution in [3.8, 4) is 5.75 Å². The van der Waals surface area contributed by atoms with Gasteiger partial charge in [0.1, 0.15) is 11.3 Å². The molecule has 1 heterocycles. The molecule has 24 heavy (non-hydrogen) atoms. The molecule has 4 heteroatoms. The largest absolute Gasteiger partial charge is 0.491 e. The summed E-state index contributed by atoms with van der Waals surface area (Å²) in [5, 5.41) is 3.86. The summed E-state index contributed by atoms with van der Waals surface area (Å²) in [5.41, 5.74) is 3.10. The number of carbonyl (C=O) groups is 1. The Morgan fingerprint density at radius 2 is 1.96 bits per heavy atom. The molecule has 0 aliphatic rings. The van der Waals surface area contributed by atoms with E-state index in [1.807, 2.05) is 55.5 Å². The molecule has 0 aliphatic carbocycles. The Balaban J connectivity index is 1.96. The maximum atomic E-state index is 12.6. The van der Waals surface area contributed by atoms with Crippen LogP contribution in [0.2, 0.25) is 0 Å². The van der Waals surface area contributed by atoms with Crippen LogP contribution < -0.4 is 10.1 Å². The molecular formula is C20H20N2O2. The van der Waals surface area contributed by atoms with Gasteiger partial charge in [-0.2, -0.15) is 0 Å². The standard InChI is InChI=1S/C20H20N2O2/c1-3-13-24-18-11-10-17(16-9-6-12-21-19(16)18)22-20(23)15-8-5-4-7-14(15)2/h4-12H,3,13H2,1-2H3,(H,22,23). The van der Waals surface area contributed by atoms with Crippen LogP contribution in [0.3, 0.4) is 0 Å². The Kier molecular flexibility index (Phi) is 4.75. The van der Waals surface area contributed by atoms with Crippen LogP contribution in [0.1, 0.15) is 29.3 Å². The van der Waals surface area contributed by atoms with Gasteiger partial charge in [-0.05, 0) is 49.2 Å². The van der Waals surface area contributed by atoms with E-state index in [1.165, 1.54) is 0 Å². The topological polar surface area (TPSA) is 51.2 Å². The number of amides is 1. The summed E-state index contributed by atoms with van der Waals surface area (Å²) in [7, 11) is 0. The molecule has 1 amide bonds. The number of pyridine rings is 1. The molecular weight excluding hydrogens is 300 g/mol. The molecule has 3 aromatic rings. The van der Waals surface area contributed by atoms with Crippen LogP contribution in [-0.2, 0) is 0 Å². The second-order valence-corrected chi connectivity index (χ2v) is 5.63. The Morgan fingerprint density at radius 1 is 1.12 bits per heavy atom. The van der Waals surface area contributed by atoms with E-state index in [0.29, 0.717) is 12.2 Å². The molecule has 0 bridgehead atoms. The number of anilines is 1. The first kappa shape index (κ1) is 16.0. The first-order valence-corrected chi connectivity index (χ1v) is 8.08. The Labute approximate surface area is 141 Å². The van der Waals surface area contributed by atoms with Gasteiger partial charge >= 0.3 is 0 Å². The minimum absolute atomic E-state index is 0.125. The van der Waals surface area contributed by atoms with Gasteiger partial charge < -0.3 is 10.1 Å². The summed E-state index contributed by atoms with van der Waals surface area (Å²) < 4.78 is 5.76. The summed E-state index contributed by atoms with van der Waals surface area (Å²) in [6.07, 6.45) is 2.66. The SMILES string of the molecule is CCCOc1ccc(NC(=O)c2ccccc2C)c2cccnc12. The predicted octanol–water partition coefficient (Wildman–Crippen LogP) is 4.58. The van der Waals surface area contributed by atoms with Gasteiger partial charge in [-0.3, -0.25) is 9.78 Å². The number of fused-ring (bicyclic) bond motifs is 1. The third-order valence-electron chi connectivity index (χ3n) is 3.83. The van der Waals surface area contributed by atoms with E-state index in [4.69, 9.17) is 4.74 Å². The number of nitrogens with zero attached hydrogens (tertiary/aromatic N) is 1. The van der Waals surface area contributed by atoms with Crippen LogP contribution in [0.25, 0.3) is 10.9 Å². The Hall–Kier alpha value is -2.88. The minimum Gasteiger partial charge on any atom is -0.491 e. The maximum Gasteiger partial charge on any atom is 0.255 e. The van der Waals surface area contributed by atoms with Crippen LogP contribution >= 0.6 is 0 Å². The Bertz CT molecular complexity index is 874. The zero-order valence-corrected chi connectivity index (χ0v) is 13.9. The molecule has 4 nitrogen and oxygen atoms in total. The van der Waals surface area contributed by atoms with Crippen molar-refractivity contribution in [1.29, 1.82) is 0 Å². The van der Waals surface area contributed by atoms with Crippen molar-refractivity contribution in [2.24, 2.45) is 0 Å². The highest BCUT2D eigenvalue weighted by Crippen LogP contribution is 2.30. The van der Waals surface area contributed by atoms with E-state index in [2.05, 4.69) is 17.2 Å². The normalized spacial score (nSPS) is 10.6. The van der Waals surface area contributed by atoms with E-state index in [-0.39, 0.29) is 5.91 Å². The number of nitrogens with one attached hydrogen (secondary N) is 1. The molecule has 0 atom stereocenters. The van der Waals surface area contributed by atoms with E-state index in [9.17, 15) is 4.79 Å². The molecule has 0 radical (unpaired) electrons. The van der Waals surface area contributed by atoms with Crippen molar-refractivity contribution in [2.45, 2.75) is 20.3 Å². The van der Waals surface area contributed by atoms with Crippen molar-refractivity contribution in [1.82, 2.24) is 4.98 Å². The number of aryl methyl sites for hydroxylation is 1. The van der Waals surface area contributed by atoms with Crippen LogP contribution in [-0.4, -0.2) is 17.5 Å². The Morgan fingerprint density at radius 3 is 2.75 bits per heavy atom. The fourth-order valence-corrected chi connectivity index (χ4v) is 2.60. The predicted molar refractivity (Wildman–Crippen MR) is 96.7 cm³/mol. The highest BCUT2D eigenvalue weighted by molar-refractivity contribution is 6.10. The second kappa shape index (κ2) is 7.13. The molecule has 1 N–H and O–H groups in total. The zero-order valence-electron chi connectivity index (χ0n) is 13.9. The van der Waals surface area contributed by atoms with Gasteiger partial charge in [0.2, 0.25) is 0 Å². The van der Waals surface area contributed by atoms with Crippen molar-refractivity contribution in [3.05, 3.63) is 65.9 Å². The maximum absolute atomic E-state index is 12.6. The molecule has 1 aromatic heterocycles. The number of hydrogen-bond acceptors (Lipinski definition) is 3. The fraction of sp³-hybridized carbons (Fsp3) is 0.200. The van der Waals surface area contributed by atoms with E-state index in [1.54, 1.807) is 6.20 Å². The van der Waals surface area contributed by atoms with Crippen molar-refractivity contribution in [2.75, 3.05) is 11.9 Å². The number of hydrogen-bond donors (Lipinski definition) is 1. The molecule has 0 unspecified atom stereocenters. The van der Waals surface area contributed by atoms with E-state index in [0.717, 1.165) is 34.3 Å². The summed E-state index contributed by atoms with van der Waals surface area (Å²) in [4.78, 5) is 17.0. The highest BCUT2D eigenvalue weighted by Gasteiger charge is 2.13. The summed E-state index contributed by atoms with van der Waals surface area (Å²) in [5.74, 6) is 0.613. The molecule has 122 valence electrons. The minimum atomic E-state index is -0.125. The van der Waals surface area contributed by atoms with Crippen LogP contribution in [0, 0.1) is 6.92 Å². The molecule has 0 aliphatic heterocycles. The lowest BCUT2D eigenvalue weighted by Gasteiger charge is -2.13. The van der Waals surface area contributed by atoms with E-state index >= 15 is 0 Å². The van der Waals surface area contributed by atoms with Crippen molar-refractivity contribution < 1.29 is 9.53 Å². The summed E-state index contributed by atoms with van der Waals surface area (Å²) in [6.45, 7) is 4.63. The van der Waals surface area contributed by atoms with Gasteiger partial charge in [-0.1, -0.05) is 25.1 Å². The van der Waals surface area contributed by atoms with Crippen LogP contribution in [0.4, 0.5) is 5.69 Å². The summed E-state index contributed by atoms with van der Waals surface area (Å²) in [6, 6.07) is 15.1. The third-order valence-corrected chi connectivity index (χ3v) is 3.83. The molecule has 0 saturated carbocycles. The molecule has 3 rings (SSSR count).